The van der Waals surface area contributed by atoms with Gasteiger partial charge in [0, 0.05) is 23.7 Å². The van der Waals surface area contributed by atoms with E-state index in [2.05, 4.69) is 20.5 Å². The number of tetrazole rings is 1. The molecule has 8 heteroatoms. The van der Waals surface area contributed by atoms with Gasteiger partial charge in [0.1, 0.15) is 11.3 Å². The quantitative estimate of drug-likeness (QED) is 0.727. The zero-order valence-corrected chi connectivity index (χ0v) is 13.8. The van der Waals surface area contributed by atoms with Crippen molar-refractivity contribution in [1.82, 2.24) is 30.1 Å². The zero-order chi connectivity index (χ0) is 16.4. The molecule has 1 atom stereocenters. The van der Waals surface area contributed by atoms with Crippen LogP contribution in [-0.2, 0) is 6.54 Å². The highest BCUT2D eigenvalue weighted by Crippen LogP contribution is 2.34. The number of likely N-dealkylation sites (tertiary alicyclic amines) is 1. The average molecular weight is 340 g/mol. The summed E-state index contributed by atoms with van der Waals surface area (Å²) in [5, 5.41) is 14.1. The Kier molecular flexibility index (Phi) is 4.04. The SMILES string of the molecule is O=C(c1ccc(Cn2cnnn2)cc1)N1CCC[C@@H]1c1nccs1. The third-order valence-electron chi connectivity index (χ3n) is 4.19. The lowest BCUT2D eigenvalue weighted by molar-refractivity contribution is 0.0735. The van der Waals surface area contributed by atoms with Crippen LogP contribution in [0.4, 0.5) is 0 Å². The Morgan fingerprint density at radius 1 is 1.29 bits per heavy atom. The van der Waals surface area contributed by atoms with E-state index in [0.29, 0.717) is 12.1 Å². The van der Waals surface area contributed by atoms with E-state index in [9.17, 15) is 4.79 Å². The van der Waals surface area contributed by atoms with Crippen molar-refractivity contribution >= 4 is 17.2 Å². The Bertz CT molecular complexity index is 800. The normalized spacial score (nSPS) is 17.3. The fourth-order valence-corrected chi connectivity index (χ4v) is 3.81. The minimum Gasteiger partial charge on any atom is -0.329 e. The van der Waals surface area contributed by atoms with Crippen LogP contribution in [0.15, 0.2) is 42.2 Å². The number of hydrogen-bond donors (Lipinski definition) is 0. The number of aromatic nitrogens is 5. The zero-order valence-electron chi connectivity index (χ0n) is 12.9. The Hall–Kier alpha value is -2.61. The third kappa shape index (κ3) is 2.92. The van der Waals surface area contributed by atoms with E-state index in [1.165, 1.54) is 0 Å². The molecular weight excluding hydrogens is 324 g/mol. The van der Waals surface area contributed by atoms with Crippen molar-refractivity contribution in [2.24, 2.45) is 0 Å². The summed E-state index contributed by atoms with van der Waals surface area (Å²) in [6.45, 7) is 1.38. The maximum atomic E-state index is 12.8. The third-order valence-corrected chi connectivity index (χ3v) is 5.06. The Morgan fingerprint density at radius 3 is 2.88 bits per heavy atom. The second-order valence-corrected chi connectivity index (χ2v) is 6.66. The first-order chi connectivity index (χ1) is 11.8. The molecule has 1 fully saturated rings. The molecule has 1 aromatic carbocycles. The summed E-state index contributed by atoms with van der Waals surface area (Å²) in [4.78, 5) is 19.2. The van der Waals surface area contributed by atoms with Crippen molar-refractivity contribution in [2.45, 2.75) is 25.4 Å². The molecule has 0 saturated carbocycles. The number of benzene rings is 1. The van der Waals surface area contributed by atoms with E-state index >= 15 is 0 Å². The number of carbonyl (C=O) groups excluding carboxylic acids is 1. The number of nitrogens with zero attached hydrogens (tertiary/aromatic N) is 6. The molecule has 24 heavy (non-hydrogen) atoms. The van der Waals surface area contributed by atoms with Crippen LogP contribution in [0.2, 0.25) is 0 Å². The molecule has 1 saturated heterocycles. The van der Waals surface area contributed by atoms with Crippen molar-refractivity contribution in [3.63, 3.8) is 0 Å². The predicted octanol–water partition coefficient (Wildman–Crippen LogP) is 2.16. The molecule has 3 aromatic rings. The topological polar surface area (TPSA) is 76.8 Å². The smallest absolute Gasteiger partial charge is 0.254 e. The minimum absolute atomic E-state index is 0.0710. The summed E-state index contributed by atoms with van der Waals surface area (Å²) in [6, 6.07) is 7.75. The Labute approximate surface area is 142 Å². The van der Waals surface area contributed by atoms with Gasteiger partial charge in [-0.3, -0.25) is 4.79 Å². The van der Waals surface area contributed by atoms with E-state index in [0.717, 1.165) is 30.0 Å². The van der Waals surface area contributed by atoms with Crippen molar-refractivity contribution in [3.8, 4) is 0 Å². The van der Waals surface area contributed by atoms with Crippen molar-refractivity contribution in [3.05, 3.63) is 58.3 Å². The predicted molar refractivity (Wildman–Crippen MR) is 88.5 cm³/mol. The molecule has 2 aromatic heterocycles. The van der Waals surface area contributed by atoms with E-state index in [-0.39, 0.29) is 11.9 Å². The fourth-order valence-electron chi connectivity index (χ4n) is 3.02. The van der Waals surface area contributed by atoms with Gasteiger partial charge < -0.3 is 4.90 Å². The molecule has 4 rings (SSSR count). The number of thiazole rings is 1. The van der Waals surface area contributed by atoms with Gasteiger partial charge in [0.05, 0.1) is 12.6 Å². The van der Waals surface area contributed by atoms with Crippen LogP contribution in [0.25, 0.3) is 0 Å². The molecule has 0 bridgehead atoms. The van der Waals surface area contributed by atoms with E-state index in [4.69, 9.17) is 0 Å². The number of rotatable bonds is 4. The minimum atomic E-state index is 0.0710. The fraction of sp³-hybridized carbons (Fsp3) is 0.312. The second-order valence-electron chi connectivity index (χ2n) is 5.73. The summed E-state index contributed by atoms with van der Waals surface area (Å²) >= 11 is 1.61. The first-order valence-electron chi connectivity index (χ1n) is 7.81. The maximum absolute atomic E-state index is 12.8. The van der Waals surface area contributed by atoms with Gasteiger partial charge in [0.2, 0.25) is 0 Å². The standard InChI is InChI=1S/C16H16N6OS/c23-16(22-8-1-2-14(22)15-17-7-9-24-15)13-5-3-12(4-6-13)10-21-11-18-19-20-21/h3-7,9,11,14H,1-2,8,10H2/t14-/m1/s1. The van der Waals surface area contributed by atoms with Crippen LogP contribution >= 0.6 is 11.3 Å². The molecule has 7 nitrogen and oxygen atoms in total. The van der Waals surface area contributed by atoms with E-state index < -0.39 is 0 Å². The number of carbonyl (C=O) groups is 1. The van der Waals surface area contributed by atoms with Gasteiger partial charge >= 0.3 is 0 Å². The van der Waals surface area contributed by atoms with Crippen LogP contribution in [-0.4, -0.2) is 42.5 Å². The van der Waals surface area contributed by atoms with Crippen LogP contribution in [0.1, 0.15) is 39.8 Å². The van der Waals surface area contributed by atoms with Crippen molar-refractivity contribution in [2.75, 3.05) is 6.54 Å². The molecule has 0 aliphatic carbocycles. The van der Waals surface area contributed by atoms with Crippen LogP contribution in [0.5, 0.6) is 0 Å². The number of amides is 1. The highest BCUT2D eigenvalue weighted by Gasteiger charge is 2.32. The van der Waals surface area contributed by atoms with Crippen molar-refractivity contribution < 1.29 is 4.79 Å². The highest BCUT2D eigenvalue weighted by molar-refractivity contribution is 7.09. The first kappa shape index (κ1) is 14.9. The van der Waals surface area contributed by atoms with Gasteiger partial charge in [-0.2, -0.15) is 0 Å². The average Bonchev–Trinajstić information content (AvgIpc) is 3.36. The molecule has 122 valence electrons. The summed E-state index contributed by atoms with van der Waals surface area (Å²) in [7, 11) is 0. The molecular formula is C16H16N6OS. The lowest BCUT2D eigenvalue weighted by Crippen LogP contribution is -2.30. The molecule has 0 N–H and O–H groups in total. The molecule has 0 radical (unpaired) electrons. The van der Waals surface area contributed by atoms with Crippen LogP contribution in [0, 0.1) is 0 Å². The maximum Gasteiger partial charge on any atom is 0.254 e. The summed E-state index contributed by atoms with van der Waals surface area (Å²) in [6.07, 6.45) is 5.38. The first-order valence-corrected chi connectivity index (χ1v) is 8.69. The van der Waals surface area contributed by atoms with Gasteiger partial charge in [-0.05, 0) is 41.0 Å². The number of hydrogen-bond acceptors (Lipinski definition) is 6. The lowest BCUT2D eigenvalue weighted by Gasteiger charge is -2.23. The van der Waals surface area contributed by atoms with Crippen LogP contribution < -0.4 is 0 Å². The summed E-state index contributed by atoms with van der Waals surface area (Å²) in [5.74, 6) is 0.0710. The van der Waals surface area contributed by atoms with Gasteiger partial charge in [-0.25, -0.2) is 9.67 Å². The van der Waals surface area contributed by atoms with E-state index in [1.54, 1.807) is 28.5 Å². The Morgan fingerprint density at radius 2 is 2.17 bits per heavy atom. The van der Waals surface area contributed by atoms with Gasteiger partial charge in [0.15, 0.2) is 0 Å². The molecule has 1 amide bonds. The van der Waals surface area contributed by atoms with Crippen molar-refractivity contribution in [1.29, 1.82) is 0 Å². The van der Waals surface area contributed by atoms with E-state index in [1.807, 2.05) is 34.5 Å². The molecule has 0 spiro atoms. The summed E-state index contributed by atoms with van der Waals surface area (Å²) < 4.78 is 1.65. The lowest BCUT2D eigenvalue weighted by atomic mass is 10.1. The van der Waals surface area contributed by atoms with Gasteiger partial charge in [-0.1, -0.05) is 12.1 Å². The van der Waals surface area contributed by atoms with Crippen LogP contribution in [0.3, 0.4) is 0 Å². The highest BCUT2D eigenvalue weighted by atomic mass is 32.1. The monoisotopic (exact) mass is 340 g/mol. The largest absolute Gasteiger partial charge is 0.329 e. The van der Waals surface area contributed by atoms with Gasteiger partial charge in [-0.15, -0.1) is 16.4 Å². The van der Waals surface area contributed by atoms with Gasteiger partial charge in [0.25, 0.3) is 5.91 Å². The molecule has 1 aliphatic heterocycles. The molecule has 1 aliphatic rings. The molecule has 0 unspecified atom stereocenters. The summed E-state index contributed by atoms with van der Waals surface area (Å²) in [5.41, 5.74) is 1.76. The second kappa shape index (κ2) is 6.48. The Balaban J connectivity index is 1.49. The molecule has 3 heterocycles.